The van der Waals surface area contributed by atoms with Gasteiger partial charge in [-0.05, 0) is 40.2 Å². The topological polar surface area (TPSA) is 107 Å². The van der Waals surface area contributed by atoms with Crippen molar-refractivity contribution in [3.63, 3.8) is 0 Å². The number of halogens is 2. The Hall–Kier alpha value is -3.04. The van der Waals surface area contributed by atoms with Crippen LogP contribution in [0.4, 0.5) is 11.4 Å². The van der Waals surface area contributed by atoms with E-state index in [-0.39, 0.29) is 17.1 Å². The Bertz CT molecular complexity index is 1120. The van der Waals surface area contributed by atoms with E-state index in [4.69, 9.17) is 11.6 Å². The zero-order valence-electron chi connectivity index (χ0n) is 13.4. The molecule has 0 saturated carbocycles. The quantitative estimate of drug-likeness (QED) is 0.481. The molecule has 8 nitrogen and oxygen atoms in total. The van der Waals surface area contributed by atoms with Gasteiger partial charge in [-0.2, -0.15) is 5.10 Å². The molecule has 10 heteroatoms. The molecule has 1 N–H and O–H groups in total. The third kappa shape index (κ3) is 4.21. The lowest BCUT2D eigenvalue weighted by Crippen LogP contribution is -2.25. The number of nitrogens with zero attached hydrogens (tertiary/aromatic N) is 3. The molecule has 136 valence electrons. The monoisotopic (exact) mass is 448 g/mol. The van der Waals surface area contributed by atoms with E-state index in [1.165, 1.54) is 35.1 Å². The minimum absolute atomic E-state index is 0.138. The van der Waals surface area contributed by atoms with Crippen molar-refractivity contribution in [1.82, 2.24) is 9.78 Å². The maximum Gasteiger partial charge on any atom is 0.280 e. The molecule has 27 heavy (non-hydrogen) atoms. The van der Waals surface area contributed by atoms with Crippen LogP contribution in [0.25, 0.3) is 5.69 Å². The largest absolute Gasteiger partial charge is 0.319 e. The molecule has 2 aromatic carbocycles. The Labute approximate surface area is 165 Å². The number of non-ortho nitro benzene ring substituents is 1. The van der Waals surface area contributed by atoms with Crippen molar-refractivity contribution in [2.45, 2.75) is 0 Å². The molecule has 1 aromatic heterocycles. The predicted molar refractivity (Wildman–Crippen MR) is 104 cm³/mol. The van der Waals surface area contributed by atoms with Crippen LogP contribution < -0.4 is 10.7 Å². The van der Waals surface area contributed by atoms with Crippen molar-refractivity contribution in [2.24, 2.45) is 0 Å². The van der Waals surface area contributed by atoms with Crippen molar-refractivity contribution < 1.29 is 9.72 Å². The highest BCUT2D eigenvalue weighted by atomic mass is 79.9. The molecule has 3 rings (SSSR count). The molecule has 0 fully saturated rings. The van der Waals surface area contributed by atoms with E-state index in [1.54, 1.807) is 24.3 Å². The van der Waals surface area contributed by atoms with Crippen molar-refractivity contribution in [2.75, 3.05) is 5.32 Å². The number of amides is 1. The van der Waals surface area contributed by atoms with Gasteiger partial charge in [-0.15, -0.1) is 0 Å². The van der Waals surface area contributed by atoms with Crippen LogP contribution in [-0.2, 0) is 0 Å². The highest BCUT2D eigenvalue weighted by Crippen LogP contribution is 2.27. The summed E-state index contributed by atoms with van der Waals surface area (Å²) < 4.78 is 1.66. The summed E-state index contributed by atoms with van der Waals surface area (Å²) in [6, 6.07) is 11.8. The molecule has 0 aliphatic carbocycles. The van der Waals surface area contributed by atoms with Gasteiger partial charge >= 0.3 is 0 Å². The van der Waals surface area contributed by atoms with E-state index >= 15 is 0 Å². The first-order valence-electron chi connectivity index (χ1n) is 7.46. The molecule has 0 aliphatic heterocycles. The smallest absolute Gasteiger partial charge is 0.280 e. The van der Waals surface area contributed by atoms with Gasteiger partial charge in [0.1, 0.15) is 0 Å². The summed E-state index contributed by atoms with van der Waals surface area (Å²) in [7, 11) is 0. The number of hydrogen-bond acceptors (Lipinski definition) is 5. The van der Waals surface area contributed by atoms with E-state index in [0.29, 0.717) is 15.2 Å². The average molecular weight is 450 g/mol. The first-order chi connectivity index (χ1) is 12.8. The minimum atomic E-state index is -0.745. The fourth-order valence-electron chi connectivity index (χ4n) is 2.23. The number of anilines is 1. The van der Waals surface area contributed by atoms with Crippen LogP contribution in [0.5, 0.6) is 0 Å². The van der Waals surface area contributed by atoms with Crippen LogP contribution in [0.3, 0.4) is 0 Å². The van der Waals surface area contributed by atoms with Crippen molar-refractivity contribution in [3.05, 3.63) is 90.3 Å². The molecule has 0 radical (unpaired) electrons. The summed E-state index contributed by atoms with van der Waals surface area (Å²) in [6.07, 6.45) is 1.42. The van der Waals surface area contributed by atoms with E-state index in [9.17, 15) is 19.7 Å². The van der Waals surface area contributed by atoms with Crippen molar-refractivity contribution >= 4 is 44.8 Å². The van der Waals surface area contributed by atoms with Crippen LogP contribution >= 0.6 is 27.5 Å². The van der Waals surface area contributed by atoms with Crippen LogP contribution in [-0.4, -0.2) is 20.6 Å². The first kappa shape index (κ1) is 18.7. The van der Waals surface area contributed by atoms with Gasteiger partial charge in [-0.1, -0.05) is 17.7 Å². The van der Waals surface area contributed by atoms with Crippen LogP contribution in [0.15, 0.2) is 64.0 Å². The van der Waals surface area contributed by atoms with E-state index < -0.39 is 16.3 Å². The summed E-state index contributed by atoms with van der Waals surface area (Å²) in [5.74, 6) is -0.745. The van der Waals surface area contributed by atoms with Gasteiger partial charge in [0.15, 0.2) is 5.69 Å². The normalized spacial score (nSPS) is 10.4. The molecule has 0 aliphatic rings. The number of nitro groups is 1. The molecule has 0 atom stereocenters. The minimum Gasteiger partial charge on any atom is -0.319 e. The van der Waals surface area contributed by atoms with E-state index in [0.717, 1.165) is 0 Å². The number of nitrogens with one attached hydrogen (secondary N) is 1. The van der Waals surface area contributed by atoms with E-state index in [2.05, 4.69) is 26.3 Å². The number of aromatic nitrogens is 2. The summed E-state index contributed by atoms with van der Waals surface area (Å²) in [5.41, 5.74) is -0.189. The van der Waals surface area contributed by atoms with Crippen LogP contribution in [0, 0.1) is 10.1 Å². The first-order valence-corrected chi connectivity index (χ1v) is 8.63. The average Bonchev–Trinajstić information content (AvgIpc) is 2.63. The maximum atomic E-state index is 12.5. The second-order valence-corrected chi connectivity index (χ2v) is 6.62. The lowest BCUT2D eigenvalue weighted by atomic mass is 10.2. The Morgan fingerprint density at radius 3 is 2.67 bits per heavy atom. The highest BCUT2D eigenvalue weighted by molar-refractivity contribution is 9.10. The van der Waals surface area contributed by atoms with Gasteiger partial charge in [0, 0.05) is 33.9 Å². The third-order valence-electron chi connectivity index (χ3n) is 3.51. The van der Waals surface area contributed by atoms with Gasteiger partial charge in [0.25, 0.3) is 11.6 Å². The third-order valence-corrected chi connectivity index (χ3v) is 4.40. The Morgan fingerprint density at radius 2 is 2.00 bits per heavy atom. The molecule has 0 saturated heterocycles. The second-order valence-electron chi connectivity index (χ2n) is 5.33. The van der Waals surface area contributed by atoms with Gasteiger partial charge in [0.05, 0.1) is 16.3 Å². The Kier molecular flexibility index (Phi) is 5.33. The molecule has 0 spiro atoms. The lowest BCUT2D eigenvalue weighted by molar-refractivity contribution is -0.384. The lowest BCUT2D eigenvalue weighted by Gasteiger charge is -2.09. The summed E-state index contributed by atoms with van der Waals surface area (Å²) >= 11 is 9.11. The number of carbonyl (C=O) groups is 1. The highest BCUT2D eigenvalue weighted by Gasteiger charge is 2.16. The molecular weight excluding hydrogens is 440 g/mol. The van der Waals surface area contributed by atoms with Gasteiger partial charge in [-0.3, -0.25) is 19.7 Å². The van der Waals surface area contributed by atoms with E-state index in [1.807, 2.05) is 0 Å². The number of rotatable bonds is 4. The van der Waals surface area contributed by atoms with Gasteiger partial charge in [0.2, 0.25) is 5.43 Å². The summed E-state index contributed by atoms with van der Waals surface area (Å²) in [4.78, 5) is 34.8. The van der Waals surface area contributed by atoms with Crippen molar-refractivity contribution in [1.29, 1.82) is 0 Å². The number of nitro benzene ring substituents is 1. The fraction of sp³-hybridized carbons (Fsp3) is 0. The number of carbonyl (C=O) groups excluding carboxylic acids is 1. The van der Waals surface area contributed by atoms with Crippen molar-refractivity contribution in [3.8, 4) is 5.69 Å². The zero-order valence-corrected chi connectivity index (χ0v) is 15.8. The number of benzene rings is 2. The molecule has 0 unspecified atom stereocenters. The number of hydrogen-bond donors (Lipinski definition) is 1. The summed E-state index contributed by atoms with van der Waals surface area (Å²) in [6.45, 7) is 0. The molecular formula is C17H10BrClN4O4. The standard InChI is InChI=1S/C17H10BrClN4O4/c18-13-9-12(23(26)27)4-5-14(13)20-17(25)16-15(24)6-7-22(21-16)11-3-1-2-10(19)8-11/h1-9H,(H,20,25). The summed E-state index contributed by atoms with van der Waals surface area (Å²) in [5, 5.41) is 17.8. The van der Waals surface area contributed by atoms with Crippen LogP contribution in [0.1, 0.15) is 10.5 Å². The van der Waals surface area contributed by atoms with Crippen LogP contribution in [0.2, 0.25) is 5.02 Å². The SMILES string of the molecule is O=C(Nc1ccc([N+](=O)[O-])cc1Br)c1nn(-c2cccc(Cl)c2)ccc1=O. The molecule has 1 amide bonds. The zero-order chi connectivity index (χ0) is 19.6. The van der Waals surface area contributed by atoms with Gasteiger partial charge in [-0.25, -0.2) is 4.68 Å². The molecule has 0 bridgehead atoms. The second kappa shape index (κ2) is 7.68. The maximum absolute atomic E-state index is 12.5. The van der Waals surface area contributed by atoms with Gasteiger partial charge < -0.3 is 5.32 Å². The molecule has 3 aromatic rings. The Morgan fingerprint density at radius 1 is 1.22 bits per heavy atom. The molecule has 1 heterocycles. The Balaban J connectivity index is 1.92. The fourth-order valence-corrected chi connectivity index (χ4v) is 2.88. The predicted octanol–water partition coefficient (Wildman–Crippen LogP) is 3.81.